The molecule has 2 N–H and O–H groups in total. The standard InChI is InChI=1S/C15H17ClN2O3S/c1-8-6-11(7-9(2)12(8)16)21-5-4-17-15-18-10(3)13(22-15)14(19)20/h6-7H,4-5H2,1-3H3,(H,17,18)(H,19,20). The molecule has 0 saturated carbocycles. The average molecular weight is 341 g/mol. The van der Waals surface area contributed by atoms with Gasteiger partial charge in [0.25, 0.3) is 0 Å². The highest BCUT2D eigenvalue weighted by Gasteiger charge is 2.13. The van der Waals surface area contributed by atoms with Crippen LogP contribution in [-0.2, 0) is 0 Å². The summed E-state index contributed by atoms with van der Waals surface area (Å²) >= 11 is 7.24. The lowest BCUT2D eigenvalue weighted by molar-refractivity contribution is 0.0701. The summed E-state index contributed by atoms with van der Waals surface area (Å²) in [5.41, 5.74) is 2.47. The molecule has 0 saturated heterocycles. The van der Waals surface area contributed by atoms with Gasteiger partial charge in [0.2, 0.25) is 0 Å². The van der Waals surface area contributed by atoms with E-state index in [1.54, 1.807) is 6.92 Å². The number of ether oxygens (including phenoxy) is 1. The Labute approximate surface area is 137 Å². The van der Waals surface area contributed by atoms with Crippen LogP contribution in [0.1, 0.15) is 26.5 Å². The second-order valence-electron chi connectivity index (χ2n) is 4.88. The number of benzene rings is 1. The van der Waals surface area contributed by atoms with Crippen molar-refractivity contribution in [2.24, 2.45) is 0 Å². The van der Waals surface area contributed by atoms with E-state index in [9.17, 15) is 4.79 Å². The summed E-state index contributed by atoms with van der Waals surface area (Å²) in [6.45, 7) is 6.54. The summed E-state index contributed by atoms with van der Waals surface area (Å²) in [5.74, 6) is -0.186. The molecule has 0 unspecified atom stereocenters. The summed E-state index contributed by atoms with van der Waals surface area (Å²) in [6.07, 6.45) is 0. The molecule has 0 spiro atoms. The van der Waals surface area contributed by atoms with Gasteiger partial charge in [-0.3, -0.25) is 0 Å². The number of nitrogens with one attached hydrogen (secondary N) is 1. The van der Waals surface area contributed by atoms with Crippen LogP contribution in [0, 0.1) is 20.8 Å². The van der Waals surface area contributed by atoms with Gasteiger partial charge in [-0.15, -0.1) is 0 Å². The normalized spacial score (nSPS) is 10.5. The zero-order valence-electron chi connectivity index (χ0n) is 12.6. The lowest BCUT2D eigenvalue weighted by Gasteiger charge is -2.10. The van der Waals surface area contributed by atoms with E-state index in [-0.39, 0.29) is 4.88 Å². The van der Waals surface area contributed by atoms with Crippen LogP contribution >= 0.6 is 22.9 Å². The van der Waals surface area contributed by atoms with E-state index >= 15 is 0 Å². The molecule has 7 heteroatoms. The van der Waals surface area contributed by atoms with Gasteiger partial charge in [0.1, 0.15) is 17.2 Å². The topological polar surface area (TPSA) is 71.5 Å². The molecule has 0 fully saturated rings. The molecule has 1 heterocycles. The third-order valence-electron chi connectivity index (χ3n) is 3.05. The van der Waals surface area contributed by atoms with Gasteiger partial charge >= 0.3 is 5.97 Å². The summed E-state index contributed by atoms with van der Waals surface area (Å²) in [7, 11) is 0. The predicted octanol–water partition coefficient (Wildman–Crippen LogP) is 3.91. The van der Waals surface area contributed by atoms with E-state index in [4.69, 9.17) is 21.4 Å². The molecule has 0 aliphatic heterocycles. The Bertz CT molecular complexity index is 677. The van der Waals surface area contributed by atoms with Crippen molar-refractivity contribution in [3.63, 3.8) is 0 Å². The first-order valence-corrected chi connectivity index (χ1v) is 7.92. The van der Waals surface area contributed by atoms with Gasteiger partial charge in [0.15, 0.2) is 5.13 Å². The Morgan fingerprint density at radius 1 is 1.36 bits per heavy atom. The summed E-state index contributed by atoms with van der Waals surface area (Å²) in [5, 5.41) is 13.4. The molecular formula is C15H17ClN2O3S. The van der Waals surface area contributed by atoms with Crippen molar-refractivity contribution >= 4 is 34.0 Å². The number of rotatable bonds is 6. The van der Waals surface area contributed by atoms with Crippen molar-refractivity contribution in [3.8, 4) is 5.75 Å². The minimum absolute atomic E-state index is 0.257. The van der Waals surface area contributed by atoms with Gasteiger partial charge in [-0.1, -0.05) is 22.9 Å². The van der Waals surface area contributed by atoms with Crippen LogP contribution in [0.2, 0.25) is 5.02 Å². The van der Waals surface area contributed by atoms with Crippen molar-refractivity contribution in [3.05, 3.63) is 38.9 Å². The third kappa shape index (κ3) is 3.90. The molecule has 118 valence electrons. The first-order valence-electron chi connectivity index (χ1n) is 6.72. The third-order valence-corrected chi connectivity index (χ3v) is 4.75. The molecule has 5 nitrogen and oxygen atoms in total. The summed E-state index contributed by atoms with van der Waals surface area (Å²) in [4.78, 5) is 15.4. The van der Waals surface area contributed by atoms with E-state index in [1.807, 2.05) is 26.0 Å². The molecule has 0 bridgehead atoms. The predicted molar refractivity (Wildman–Crippen MR) is 88.7 cm³/mol. The largest absolute Gasteiger partial charge is 0.492 e. The molecule has 0 aliphatic carbocycles. The van der Waals surface area contributed by atoms with Crippen LogP contribution in [0.15, 0.2) is 12.1 Å². The number of aromatic nitrogens is 1. The molecule has 1 aromatic carbocycles. The molecule has 1 aromatic heterocycles. The Morgan fingerprint density at radius 2 is 2.00 bits per heavy atom. The number of aryl methyl sites for hydroxylation is 3. The van der Waals surface area contributed by atoms with Gasteiger partial charge in [-0.2, -0.15) is 0 Å². The minimum atomic E-state index is -0.952. The highest BCUT2D eigenvalue weighted by molar-refractivity contribution is 7.17. The number of thiazole rings is 1. The van der Waals surface area contributed by atoms with Crippen molar-refractivity contribution in [1.82, 2.24) is 4.98 Å². The maximum atomic E-state index is 10.9. The van der Waals surface area contributed by atoms with Crippen LogP contribution in [0.3, 0.4) is 0 Å². The van der Waals surface area contributed by atoms with Crippen LogP contribution in [0.4, 0.5) is 5.13 Å². The number of hydrogen-bond acceptors (Lipinski definition) is 5. The zero-order chi connectivity index (χ0) is 16.3. The highest BCUT2D eigenvalue weighted by Crippen LogP contribution is 2.26. The number of aromatic carboxylic acids is 1. The molecule has 0 radical (unpaired) electrons. The molecule has 0 amide bonds. The molecule has 22 heavy (non-hydrogen) atoms. The maximum Gasteiger partial charge on any atom is 0.347 e. The maximum absolute atomic E-state index is 10.9. The van der Waals surface area contributed by atoms with Crippen LogP contribution < -0.4 is 10.1 Å². The smallest absolute Gasteiger partial charge is 0.347 e. The van der Waals surface area contributed by atoms with Crippen LogP contribution in [-0.4, -0.2) is 29.2 Å². The van der Waals surface area contributed by atoms with Gasteiger partial charge in [-0.25, -0.2) is 9.78 Å². The Balaban J connectivity index is 1.87. The fraction of sp³-hybridized carbons (Fsp3) is 0.333. The zero-order valence-corrected chi connectivity index (χ0v) is 14.1. The Kier molecular flexibility index (Phi) is 5.26. The van der Waals surface area contributed by atoms with E-state index in [2.05, 4.69) is 10.3 Å². The SMILES string of the molecule is Cc1cc(OCCNc2nc(C)c(C(=O)O)s2)cc(C)c1Cl. The highest BCUT2D eigenvalue weighted by atomic mass is 35.5. The molecule has 0 aliphatic rings. The van der Waals surface area contributed by atoms with Gasteiger partial charge in [0.05, 0.1) is 12.2 Å². The van der Waals surface area contributed by atoms with Crippen molar-refractivity contribution in [2.75, 3.05) is 18.5 Å². The van der Waals surface area contributed by atoms with Gasteiger partial charge < -0.3 is 15.2 Å². The number of nitrogens with zero attached hydrogens (tertiary/aromatic N) is 1. The lowest BCUT2D eigenvalue weighted by Crippen LogP contribution is -2.11. The lowest BCUT2D eigenvalue weighted by atomic mass is 10.1. The molecular weight excluding hydrogens is 324 g/mol. The summed E-state index contributed by atoms with van der Waals surface area (Å²) in [6, 6.07) is 3.79. The number of carboxylic acids is 1. The van der Waals surface area contributed by atoms with Crippen molar-refractivity contribution < 1.29 is 14.6 Å². The first kappa shape index (κ1) is 16.6. The first-order chi connectivity index (χ1) is 10.4. The fourth-order valence-electron chi connectivity index (χ4n) is 1.99. The van der Waals surface area contributed by atoms with Crippen molar-refractivity contribution in [1.29, 1.82) is 0 Å². The molecule has 0 atom stereocenters. The second-order valence-corrected chi connectivity index (χ2v) is 6.26. The number of halogens is 1. The minimum Gasteiger partial charge on any atom is -0.492 e. The molecule has 2 rings (SSSR count). The van der Waals surface area contributed by atoms with Crippen molar-refractivity contribution in [2.45, 2.75) is 20.8 Å². The number of anilines is 1. The number of carboxylic acid groups (broad SMARTS) is 1. The van der Waals surface area contributed by atoms with E-state index in [0.29, 0.717) is 24.0 Å². The average Bonchev–Trinajstić information content (AvgIpc) is 2.82. The fourth-order valence-corrected chi connectivity index (χ4v) is 2.93. The quantitative estimate of drug-likeness (QED) is 0.780. The number of carbonyl (C=O) groups is 1. The van der Waals surface area contributed by atoms with E-state index < -0.39 is 5.97 Å². The van der Waals surface area contributed by atoms with E-state index in [1.165, 1.54) is 0 Å². The van der Waals surface area contributed by atoms with E-state index in [0.717, 1.165) is 33.2 Å². The second kappa shape index (κ2) is 6.98. The van der Waals surface area contributed by atoms with Gasteiger partial charge in [-0.05, 0) is 44.0 Å². The Morgan fingerprint density at radius 3 is 2.55 bits per heavy atom. The van der Waals surface area contributed by atoms with Gasteiger partial charge in [0, 0.05) is 5.02 Å². The summed E-state index contributed by atoms with van der Waals surface area (Å²) < 4.78 is 5.67. The Hall–Kier alpha value is -1.79. The van der Waals surface area contributed by atoms with Crippen LogP contribution in [0.5, 0.6) is 5.75 Å². The number of hydrogen-bond donors (Lipinski definition) is 2. The van der Waals surface area contributed by atoms with Crippen LogP contribution in [0.25, 0.3) is 0 Å². The monoisotopic (exact) mass is 340 g/mol. The molecule has 2 aromatic rings.